The Hall–Kier alpha value is -0.870. The molecule has 3 nitrogen and oxygen atoms in total. The van der Waals surface area contributed by atoms with Crippen molar-refractivity contribution in [3.8, 4) is 0 Å². The van der Waals surface area contributed by atoms with Gasteiger partial charge in [-0.05, 0) is 37.1 Å². The van der Waals surface area contributed by atoms with E-state index < -0.39 is 0 Å². The van der Waals surface area contributed by atoms with E-state index in [1.807, 2.05) is 30.0 Å². The first kappa shape index (κ1) is 13.6. The van der Waals surface area contributed by atoms with Crippen LogP contribution in [0.3, 0.4) is 0 Å². The molecule has 1 heterocycles. The summed E-state index contributed by atoms with van der Waals surface area (Å²) in [5.41, 5.74) is 3.14. The van der Waals surface area contributed by atoms with Gasteiger partial charge in [0.25, 0.3) is 5.91 Å². The van der Waals surface area contributed by atoms with E-state index in [0.717, 1.165) is 16.5 Å². The molecule has 0 radical (unpaired) electrons. The number of carbonyl (C=O) groups is 1. The average Bonchev–Trinajstić information content (AvgIpc) is 2.41. The van der Waals surface area contributed by atoms with Gasteiger partial charge in [-0.25, -0.2) is 0 Å². The summed E-state index contributed by atoms with van der Waals surface area (Å²) in [6, 6.07) is 5.88. The lowest BCUT2D eigenvalue weighted by Gasteiger charge is -2.32. The van der Waals surface area contributed by atoms with Gasteiger partial charge in [0.2, 0.25) is 0 Å². The van der Waals surface area contributed by atoms with Gasteiger partial charge >= 0.3 is 0 Å². The standard InChI is InChI=1S/C14H18BrNO2/c1-10-3-4-12(7-11(10)2)14(17)16-5-6-18-13(8-15)9-16/h3-4,7,13H,5-6,8-9H2,1-2H3. The molecule has 1 aromatic rings. The van der Waals surface area contributed by atoms with Crippen molar-refractivity contribution < 1.29 is 9.53 Å². The number of alkyl halides is 1. The quantitative estimate of drug-likeness (QED) is 0.786. The van der Waals surface area contributed by atoms with Gasteiger partial charge in [-0.3, -0.25) is 4.79 Å². The van der Waals surface area contributed by atoms with Crippen molar-refractivity contribution in [1.29, 1.82) is 0 Å². The first-order chi connectivity index (χ1) is 8.61. The highest BCUT2D eigenvalue weighted by Gasteiger charge is 2.24. The Bertz CT molecular complexity index is 447. The molecular formula is C14H18BrNO2. The van der Waals surface area contributed by atoms with Gasteiger partial charge in [-0.1, -0.05) is 22.0 Å². The fourth-order valence-corrected chi connectivity index (χ4v) is 2.45. The summed E-state index contributed by atoms with van der Waals surface area (Å²) >= 11 is 3.40. The van der Waals surface area contributed by atoms with Crippen molar-refractivity contribution in [3.05, 3.63) is 34.9 Å². The monoisotopic (exact) mass is 311 g/mol. The number of hydrogen-bond donors (Lipinski definition) is 0. The number of carbonyl (C=O) groups excluding carboxylic acids is 1. The van der Waals surface area contributed by atoms with E-state index in [9.17, 15) is 4.79 Å². The Kier molecular flexibility index (Phi) is 4.40. The van der Waals surface area contributed by atoms with E-state index in [1.54, 1.807) is 0 Å². The van der Waals surface area contributed by atoms with E-state index in [4.69, 9.17) is 4.74 Å². The summed E-state index contributed by atoms with van der Waals surface area (Å²) < 4.78 is 5.55. The molecule has 18 heavy (non-hydrogen) atoms. The first-order valence-electron chi connectivity index (χ1n) is 6.16. The second kappa shape index (κ2) is 5.85. The molecule has 1 amide bonds. The predicted molar refractivity (Wildman–Crippen MR) is 75.4 cm³/mol. The van der Waals surface area contributed by atoms with E-state index in [0.29, 0.717) is 19.7 Å². The lowest BCUT2D eigenvalue weighted by atomic mass is 10.1. The van der Waals surface area contributed by atoms with Crippen LogP contribution in [0.4, 0.5) is 0 Å². The molecule has 98 valence electrons. The van der Waals surface area contributed by atoms with Gasteiger partial charge < -0.3 is 9.64 Å². The summed E-state index contributed by atoms with van der Waals surface area (Å²) in [4.78, 5) is 14.3. The minimum Gasteiger partial charge on any atom is -0.374 e. The van der Waals surface area contributed by atoms with Crippen molar-refractivity contribution >= 4 is 21.8 Å². The highest BCUT2D eigenvalue weighted by molar-refractivity contribution is 9.09. The molecule has 4 heteroatoms. The summed E-state index contributed by atoms with van der Waals surface area (Å²) in [6.07, 6.45) is 0.106. The van der Waals surface area contributed by atoms with Crippen molar-refractivity contribution in [2.24, 2.45) is 0 Å². The molecule has 1 aliphatic heterocycles. The fraction of sp³-hybridized carbons (Fsp3) is 0.500. The van der Waals surface area contributed by atoms with Crippen LogP contribution in [0.5, 0.6) is 0 Å². The topological polar surface area (TPSA) is 29.5 Å². The van der Waals surface area contributed by atoms with Crippen LogP contribution in [0.25, 0.3) is 0 Å². The highest BCUT2D eigenvalue weighted by atomic mass is 79.9. The SMILES string of the molecule is Cc1ccc(C(=O)N2CCOC(CBr)C2)cc1C. The fourth-order valence-electron chi connectivity index (χ4n) is 2.05. The second-order valence-electron chi connectivity index (χ2n) is 4.70. The average molecular weight is 312 g/mol. The number of morpholine rings is 1. The van der Waals surface area contributed by atoms with E-state index in [-0.39, 0.29) is 12.0 Å². The zero-order valence-corrected chi connectivity index (χ0v) is 12.4. The van der Waals surface area contributed by atoms with Gasteiger partial charge in [0.1, 0.15) is 0 Å². The van der Waals surface area contributed by atoms with Crippen molar-refractivity contribution in [1.82, 2.24) is 4.90 Å². The molecule has 0 spiro atoms. The van der Waals surface area contributed by atoms with Crippen molar-refractivity contribution in [3.63, 3.8) is 0 Å². The number of amides is 1. The molecule has 0 bridgehead atoms. The molecule has 1 atom stereocenters. The molecule has 1 unspecified atom stereocenters. The van der Waals surface area contributed by atoms with Gasteiger partial charge in [-0.2, -0.15) is 0 Å². The Morgan fingerprint density at radius 3 is 2.89 bits per heavy atom. The van der Waals surface area contributed by atoms with Crippen LogP contribution in [0.15, 0.2) is 18.2 Å². The van der Waals surface area contributed by atoms with Crippen LogP contribution in [0.1, 0.15) is 21.5 Å². The number of aryl methyl sites for hydroxylation is 2. The van der Waals surface area contributed by atoms with Crippen LogP contribution < -0.4 is 0 Å². The molecule has 1 fully saturated rings. The van der Waals surface area contributed by atoms with Crippen molar-refractivity contribution in [2.75, 3.05) is 25.0 Å². The van der Waals surface area contributed by atoms with E-state index in [1.165, 1.54) is 5.56 Å². The minimum absolute atomic E-state index is 0.104. The lowest BCUT2D eigenvalue weighted by molar-refractivity contribution is -0.00965. The maximum Gasteiger partial charge on any atom is 0.254 e. The number of halogens is 1. The van der Waals surface area contributed by atoms with Crippen LogP contribution in [0.2, 0.25) is 0 Å². The zero-order chi connectivity index (χ0) is 13.1. The Labute approximate surface area is 116 Å². The lowest BCUT2D eigenvalue weighted by Crippen LogP contribution is -2.46. The van der Waals surface area contributed by atoms with Gasteiger partial charge in [0, 0.05) is 24.0 Å². The smallest absolute Gasteiger partial charge is 0.254 e. The predicted octanol–water partition coefficient (Wildman–Crippen LogP) is 2.54. The third-order valence-electron chi connectivity index (χ3n) is 3.35. The first-order valence-corrected chi connectivity index (χ1v) is 7.28. The van der Waals surface area contributed by atoms with E-state index >= 15 is 0 Å². The maximum atomic E-state index is 12.4. The number of nitrogens with zero attached hydrogens (tertiary/aromatic N) is 1. The molecule has 0 saturated carbocycles. The molecule has 1 aliphatic rings. The Morgan fingerprint density at radius 2 is 2.22 bits per heavy atom. The van der Waals surface area contributed by atoms with Crippen LogP contribution in [-0.2, 0) is 4.74 Å². The Morgan fingerprint density at radius 1 is 1.44 bits per heavy atom. The van der Waals surface area contributed by atoms with Gasteiger partial charge in [0.15, 0.2) is 0 Å². The molecule has 1 aromatic carbocycles. The number of benzene rings is 1. The largest absolute Gasteiger partial charge is 0.374 e. The van der Waals surface area contributed by atoms with E-state index in [2.05, 4.69) is 22.9 Å². The molecule has 0 aliphatic carbocycles. The summed E-state index contributed by atoms with van der Waals surface area (Å²) in [6.45, 7) is 6.05. The minimum atomic E-state index is 0.104. The van der Waals surface area contributed by atoms with Crippen LogP contribution >= 0.6 is 15.9 Å². The maximum absolute atomic E-state index is 12.4. The summed E-state index contributed by atoms with van der Waals surface area (Å²) in [7, 11) is 0. The van der Waals surface area contributed by atoms with Crippen LogP contribution in [0, 0.1) is 13.8 Å². The second-order valence-corrected chi connectivity index (χ2v) is 5.34. The highest BCUT2D eigenvalue weighted by Crippen LogP contribution is 2.15. The summed E-state index contributed by atoms with van der Waals surface area (Å²) in [5, 5.41) is 0.768. The molecule has 1 saturated heterocycles. The molecular weight excluding hydrogens is 294 g/mol. The normalized spacial score (nSPS) is 19.9. The number of rotatable bonds is 2. The zero-order valence-electron chi connectivity index (χ0n) is 10.8. The van der Waals surface area contributed by atoms with Gasteiger partial charge in [0.05, 0.1) is 12.7 Å². The summed E-state index contributed by atoms with van der Waals surface area (Å²) in [5.74, 6) is 0.104. The molecule has 0 aromatic heterocycles. The molecule has 2 rings (SSSR count). The van der Waals surface area contributed by atoms with Crippen LogP contribution in [-0.4, -0.2) is 41.9 Å². The number of ether oxygens (including phenoxy) is 1. The number of hydrogen-bond acceptors (Lipinski definition) is 2. The Balaban J connectivity index is 2.12. The van der Waals surface area contributed by atoms with Gasteiger partial charge in [-0.15, -0.1) is 0 Å². The van der Waals surface area contributed by atoms with Crippen molar-refractivity contribution in [2.45, 2.75) is 20.0 Å². The third kappa shape index (κ3) is 2.93. The molecule has 0 N–H and O–H groups in total. The third-order valence-corrected chi connectivity index (χ3v) is 4.07.